The van der Waals surface area contributed by atoms with Crippen molar-refractivity contribution in [2.24, 2.45) is 23.7 Å². The Hall–Kier alpha value is -0.370. The number of hydrogen-bond donors (Lipinski definition) is 1. The van der Waals surface area contributed by atoms with Gasteiger partial charge in [0.15, 0.2) is 0 Å². The first kappa shape index (κ1) is 9.83. The number of hydrogen-bond acceptors (Lipinski definition) is 2. The van der Waals surface area contributed by atoms with E-state index in [1.54, 1.807) is 0 Å². The summed E-state index contributed by atoms with van der Waals surface area (Å²) in [5.74, 6) is 2.97. The highest BCUT2D eigenvalue weighted by atomic mass is 16.1. The van der Waals surface area contributed by atoms with Crippen LogP contribution in [0.3, 0.4) is 0 Å². The van der Waals surface area contributed by atoms with Gasteiger partial charge in [0.1, 0.15) is 5.78 Å². The third kappa shape index (κ3) is 1.54. The minimum Gasteiger partial charge on any atom is -0.313 e. The van der Waals surface area contributed by atoms with Crippen LogP contribution in [0.4, 0.5) is 0 Å². The van der Waals surface area contributed by atoms with Crippen molar-refractivity contribution in [1.82, 2.24) is 5.32 Å². The molecule has 0 aromatic rings. The van der Waals surface area contributed by atoms with Crippen molar-refractivity contribution in [2.45, 2.75) is 45.1 Å². The van der Waals surface area contributed by atoms with E-state index in [0.29, 0.717) is 29.6 Å². The lowest BCUT2D eigenvalue weighted by Gasteiger charge is -2.37. The quantitative estimate of drug-likeness (QED) is 0.750. The topological polar surface area (TPSA) is 29.1 Å². The van der Waals surface area contributed by atoms with E-state index in [4.69, 9.17) is 0 Å². The molecular formula is C13H21NO. The Bertz CT molecular complexity index is 254. The molecular weight excluding hydrogens is 186 g/mol. The minimum absolute atomic E-state index is 0.406. The van der Waals surface area contributed by atoms with Gasteiger partial charge in [-0.1, -0.05) is 19.8 Å². The number of nitrogens with one attached hydrogen (secondary N) is 1. The van der Waals surface area contributed by atoms with Crippen molar-refractivity contribution >= 4 is 5.78 Å². The SMILES string of the molecule is CC1CCC(C(=O)C2C3CNC2C3)CC1. The maximum absolute atomic E-state index is 12.3. The Morgan fingerprint density at radius 2 is 1.93 bits per heavy atom. The van der Waals surface area contributed by atoms with Gasteiger partial charge in [0.2, 0.25) is 0 Å². The molecule has 0 spiro atoms. The highest BCUT2D eigenvalue weighted by Crippen LogP contribution is 2.44. The first-order chi connectivity index (χ1) is 7.25. The molecule has 2 saturated carbocycles. The van der Waals surface area contributed by atoms with Crippen molar-refractivity contribution in [3.05, 3.63) is 0 Å². The maximum atomic E-state index is 12.3. The van der Waals surface area contributed by atoms with Gasteiger partial charge in [-0.2, -0.15) is 0 Å². The zero-order chi connectivity index (χ0) is 10.4. The smallest absolute Gasteiger partial charge is 0.140 e. The summed E-state index contributed by atoms with van der Waals surface area (Å²) in [6, 6.07) is 0.557. The Morgan fingerprint density at radius 3 is 2.47 bits per heavy atom. The van der Waals surface area contributed by atoms with Crippen LogP contribution in [0.5, 0.6) is 0 Å². The van der Waals surface area contributed by atoms with E-state index in [1.165, 1.54) is 19.3 Å². The van der Waals surface area contributed by atoms with Crippen LogP contribution in [0, 0.1) is 23.7 Å². The lowest BCUT2D eigenvalue weighted by atomic mass is 9.66. The predicted molar refractivity (Wildman–Crippen MR) is 59.5 cm³/mol. The summed E-state index contributed by atoms with van der Waals surface area (Å²) < 4.78 is 0. The molecule has 4 fully saturated rings. The van der Waals surface area contributed by atoms with Crippen LogP contribution in [0.15, 0.2) is 0 Å². The van der Waals surface area contributed by atoms with Crippen LogP contribution >= 0.6 is 0 Å². The fourth-order valence-corrected chi connectivity index (χ4v) is 3.72. The summed E-state index contributed by atoms with van der Waals surface area (Å²) in [6.45, 7) is 3.42. The van der Waals surface area contributed by atoms with Crippen molar-refractivity contribution in [3.63, 3.8) is 0 Å². The molecule has 2 heteroatoms. The highest BCUT2D eigenvalue weighted by molar-refractivity contribution is 5.85. The predicted octanol–water partition coefficient (Wildman–Crippen LogP) is 1.99. The average molecular weight is 207 g/mol. The second kappa shape index (κ2) is 3.58. The third-order valence-electron chi connectivity index (χ3n) is 4.89. The summed E-state index contributed by atoms with van der Waals surface area (Å²) in [4.78, 5) is 12.3. The van der Waals surface area contributed by atoms with Crippen LogP contribution in [-0.2, 0) is 4.79 Å². The fraction of sp³-hybridized carbons (Fsp3) is 0.923. The first-order valence-electron chi connectivity index (χ1n) is 6.53. The van der Waals surface area contributed by atoms with Gasteiger partial charge in [-0.15, -0.1) is 0 Å². The summed E-state index contributed by atoms with van der Waals surface area (Å²) in [5.41, 5.74) is 0. The molecule has 1 N–H and O–H groups in total. The number of carbonyl (C=O) groups excluding carboxylic acids is 1. The second-order valence-electron chi connectivity index (χ2n) is 5.90. The van der Waals surface area contributed by atoms with Crippen molar-refractivity contribution in [2.75, 3.05) is 6.54 Å². The maximum Gasteiger partial charge on any atom is 0.140 e. The number of Topliss-reactive ketones (excluding diaryl/α,β-unsaturated/α-hetero) is 1. The molecule has 2 aliphatic heterocycles. The number of ketones is 1. The van der Waals surface area contributed by atoms with Gasteiger partial charge in [0, 0.05) is 17.9 Å². The lowest BCUT2D eigenvalue weighted by molar-refractivity contribution is -0.132. The Kier molecular flexibility index (Phi) is 2.35. The van der Waals surface area contributed by atoms with Gasteiger partial charge >= 0.3 is 0 Å². The van der Waals surface area contributed by atoms with Crippen molar-refractivity contribution in [3.8, 4) is 0 Å². The first-order valence-corrected chi connectivity index (χ1v) is 6.53. The zero-order valence-corrected chi connectivity index (χ0v) is 9.54. The molecule has 0 radical (unpaired) electrons. The van der Waals surface area contributed by atoms with E-state index in [1.807, 2.05) is 0 Å². The third-order valence-corrected chi connectivity index (χ3v) is 4.89. The van der Waals surface area contributed by atoms with Crippen LogP contribution < -0.4 is 5.32 Å². The van der Waals surface area contributed by atoms with E-state index >= 15 is 0 Å². The van der Waals surface area contributed by atoms with E-state index in [9.17, 15) is 4.79 Å². The van der Waals surface area contributed by atoms with Gasteiger partial charge in [-0.25, -0.2) is 0 Å². The highest BCUT2D eigenvalue weighted by Gasteiger charge is 2.51. The van der Waals surface area contributed by atoms with Crippen LogP contribution in [0.2, 0.25) is 0 Å². The van der Waals surface area contributed by atoms with Crippen molar-refractivity contribution in [1.29, 1.82) is 0 Å². The molecule has 84 valence electrons. The van der Waals surface area contributed by atoms with Crippen LogP contribution in [0.1, 0.15) is 39.0 Å². The molecule has 3 unspecified atom stereocenters. The van der Waals surface area contributed by atoms with E-state index < -0.39 is 0 Å². The molecule has 3 atom stereocenters. The molecule has 2 saturated heterocycles. The largest absolute Gasteiger partial charge is 0.313 e. The van der Waals surface area contributed by atoms with Gasteiger partial charge in [-0.05, 0) is 37.6 Å². The molecule has 2 bridgehead atoms. The van der Waals surface area contributed by atoms with Crippen LogP contribution in [-0.4, -0.2) is 18.4 Å². The molecule has 15 heavy (non-hydrogen) atoms. The molecule has 4 aliphatic rings. The molecule has 0 aromatic carbocycles. The van der Waals surface area contributed by atoms with E-state index in [-0.39, 0.29) is 0 Å². The summed E-state index contributed by atoms with van der Waals surface area (Å²) in [7, 11) is 0. The van der Waals surface area contributed by atoms with E-state index in [0.717, 1.165) is 25.3 Å². The Labute approximate surface area is 91.8 Å². The fourth-order valence-electron chi connectivity index (χ4n) is 3.72. The Morgan fingerprint density at radius 1 is 1.20 bits per heavy atom. The lowest BCUT2D eigenvalue weighted by Crippen LogP contribution is -2.45. The molecule has 2 nitrogen and oxygen atoms in total. The summed E-state index contributed by atoms with van der Waals surface area (Å²) >= 11 is 0. The second-order valence-corrected chi connectivity index (χ2v) is 5.90. The van der Waals surface area contributed by atoms with Gasteiger partial charge in [0.25, 0.3) is 0 Å². The number of carbonyl (C=O) groups is 1. The van der Waals surface area contributed by atoms with Gasteiger partial charge < -0.3 is 5.32 Å². The monoisotopic (exact) mass is 207 g/mol. The molecule has 0 aromatic heterocycles. The average Bonchev–Trinajstić information content (AvgIpc) is 2.80. The molecule has 0 amide bonds. The van der Waals surface area contributed by atoms with Gasteiger partial charge in [-0.3, -0.25) is 4.79 Å². The summed E-state index contributed by atoms with van der Waals surface area (Å²) in [5, 5.41) is 3.45. The zero-order valence-electron chi connectivity index (χ0n) is 9.54. The standard InChI is InChI=1S/C13H21NO/c1-8-2-4-9(5-3-8)13(15)12-10-6-11(12)14-7-10/h8-12,14H,2-7H2,1H3. The van der Waals surface area contributed by atoms with Crippen LogP contribution in [0.25, 0.3) is 0 Å². The summed E-state index contributed by atoms with van der Waals surface area (Å²) in [6.07, 6.45) is 6.13. The number of fused-ring (bicyclic) bond motifs is 1. The molecule has 2 heterocycles. The van der Waals surface area contributed by atoms with E-state index in [2.05, 4.69) is 12.2 Å². The molecule has 4 rings (SSSR count). The minimum atomic E-state index is 0.406. The van der Waals surface area contributed by atoms with Crippen molar-refractivity contribution < 1.29 is 4.79 Å². The number of rotatable bonds is 2. The molecule has 2 aliphatic carbocycles. The normalized spacial score (nSPS) is 48.7. The Balaban J connectivity index is 1.61. The van der Waals surface area contributed by atoms with Gasteiger partial charge in [0.05, 0.1) is 0 Å².